The number of aryl methyl sites for hydroxylation is 1. The van der Waals surface area contributed by atoms with Gasteiger partial charge < -0.3 is 19.4 Å². The van der Waals surface area contributed by atoms with Gasteiger partial charge in [0.1, 0.15) is 23.1 Å². The third-order valence-electron chi connectivity index (χ3n) is 4.74. The fourth-order valence-electron chi connectivity index (χ4n) is 3.12. The van der Waals surface area contributed by atoms with E-state index in [0.717, 1.165) is 37.7 Å². The Bertz CT molecular complexity index is 739. The monoisotopic (exact) mass is 375 g/mol. The Kier molecular flexibility index (Phi) is 6.47. The van der Waals surface area contributed by atoms with Crippen molar-refractivity contribution >= 4 is 5.91 Å². The lowest BCUT2D eigenvalue weighted by Gasteiger charge is -2.37. The van der Waals surface area contributed by atoms with Gasteiger partial charge in [0.05, 0.1) is 6.04 Å². The summed E-state index contributed by atoms with van der Waals surface area (Å²) >= 11 is 0. The Labute approximate surface area is 158 Å². The van der Waals surface area contributed by atoms with Crippen molar-refractivity contribution in [3.63, 3.8) is 0 Å². The van der Waals surface area contributed by atoms with Crippen LogP contribution in [0.4, 0.5) is 4.39 Å². The number of piperazine rings is 1. The van der Waals surface area contributed by atoms with E-state index in [0.29, 0.717) is 12.3 Å². The number of hydrogen-bond donors (Lipinski definition) is 1. The molecule has 0 spiro atoms. The van der Waals surface area contributed by atoms with Gasteiger partial charge in [-0.2, -0.15) is 0 Å². The molecule has 7 heteroatoms. The van der Waals surface area contributed by atoms with Gasteiger partial charge in [-0.15, -0.1) is 0 Å². The van der Waals surface area contributed by atoms with Gasteiger partial charge >= 0.3 is 0 Å². The molecule has 1 amide bonds. The molecule has 1 aromatic carbocycles. The molecule has 1 aliphatic rings. The van der Waals surface area contributed by atoms with E-state index in [2.05, 4.69) is 22.2 Å². The van der Waals surface area contributed by atoms with Crippen LogP contribution in [0.15, 0.2) is 40.8 Å². The van der Waals surface area contributed by atoms with Crippen molar-refractivity contribution in [3.05, 3.63) is 53.7 Å². The van der Waals surface area contributed by atoms with E-state index in [-0.39, 0.29) is 24.4 Å². The number of likely N-dealkylation sites (N-methyl/N-ethyl adjacent to an activating group) is 1. The average molecular weight is 375 g/mol. The van der Waals surface area contributed by atoms with Crippen LogP contribution >= 0.6 is 0 Å². The van der Waals surface area contributed by atoms with Crippen molar-refractivity contribution in [3.8, 4) is 5.75 Å². The fraction of sp³-hybridized carbons (Fsp3) is 0.450. The second-order valence-corrected chi connectivity index (χ2v) is 6.85. The highest BCUT2D eigenvalue weighted by atomic mass is 19.1. The Morgan fingerprint density at radius 2 is 1.89 bits per heavy atom. The number of carbonyl (C=O) groups excluding carboxylic acids is 1. The summed E-state index contributed by atoms with van der Waals surface area (Å²) in [5.41, 5.74) is 0. The van der Waals surface area contributed by atoms with Gasteiger partial charge in [-0.1, -0.05) is 0 Å². The first kappa shape index (κ1) is 19.4. The predicted molar refractivity (Wildman–Crippen MR) is 100 cm³/mol. The summed E-state index contributed by atoms with van der Waals surface area (Å²) in [6, 6.07) is 9.51. The zero-order valence-corrected chi connectivity index (χ0v) is 15.8. The van der Waals surface area contributed by atoms with Gasteiger partial charge in [-0.05, 0) is 50.4 Å². The summed E-state index contributed by atoms with van der Waals surface area (Å²) in [5.74, 6) is 1.62. The lowest BCUT2D eigenvalue weighted by atomic mass is 10.1. The van der Waals surface area contributed by atoms with E-state index in [1.54, 1.807) is 0 Å². The summed E-state index contributed by atoms with van der Waals surface area (Å²) in [7, 11) is 2.11. The molecule has 1 saturated heterocycles. The highest BCUT2D eigenvalue weighted by Gasteiger charge is 2.26. The Morgan fingerprint density at radius 1 is 1.19 bits per heavy atom. The Morgan fingerprint density at radius 3 is 2.52 bits per heavy atom. The van der Waals surface area contributed by atoms with Crippen LogP contribution < -0.4 is 10.1 Å². The number of hydrogen-bond acceptors (Lipinski definition) is 5. The molecule has 1 unspecified atom stereocenters. The summed E-state index contributed by atoms with van der Waals surface area (Å²) < 4.78 is 24.1. The summed E-state index contributed by atoms with van der Waals surface area (Å²) in [4.78, 5) is 16.8. The number of carbonyl (C=O) groups is 1. The van der Waals surface area contributed by atoms with Gasteiger partial charge in [0.2, 0.25) is 0 Å². The minimum absolute atomic E-state index is 0.0119. The van der Waals surface area contributed by atoms with E-state index >= 15 is 0 Å². The van der Waals surface area contributed by atoms with Crippen LogP contribution in [0.2, 0.25) is 0 Å². The lowest BCUT2D eigenvalue weighted by Crippen LogP contribution is -2.48. The first-order chi connectivity index (χ1) is 13.0. The quantitative estimate of drug-likeness (QED) is 0.804. The minimum atomic E-state index is -0.337. The molecule has 1 N–H and O–H groups in total. The SMILES string of the molecule is Cc1ccc(C(CNC(=O)COc2ccc(F)cc2)N2CCN(C)CC2)o1. The number of rotatable bonds is 7. The van der Waals surface area contributed by atoms with Crippen LogP contribution in [-0.2, 0) is 4.79 Å². The number of ether oxygens (including phenoxy) is 1. The summed E-state index contributed by atoms with van der Waals surface area (Å²) in [6.07, 6.45) is 0. The first-order valence-electron chi connectivity index (χ1n) is 9.15. The fourth-order valence-corrected chi connectivity index (χ4v) is 3.12. The summed E-state index contributed by atoms with van der Waals surface area (Å²) in [5, 5.41) is 2.93. The van der Waals surface area contributed by atoms with E-state index in [1.807, 2.05) is 19.1 Å². The molecule has 3 rings (SSSR count). The maximum atomic E-state index is 12.9. The van der Waals surface area contributed by atoms with Crippen molar-refractivity contribution in [2.45, 2.75) is 13.0 Å². The van der Waals surface area contributed by atoms with E-state index in [9.17, 15) is 9.18 Å². The van der Waals surface area contributed by atoms with Crippen LogP contribution in [0.1, 0.15) is 17.6 Å². The Hall–Kier alpha value is -2.38. The maximum absolute atomic E-state index is 12.9. The van der Waals surface area contributed by atoms with Crippen molar-refractivity contribution in [1.82, 2.24) is 15.1 Å². The average Bonchev–Trinajstić information content (AvgIpc) is 3.09. The van der Waals surface area contributed by atoms with Crippen LogP contribution in [0.3, 0.4) is 0 Å². The number of nitrogens with one attached hydrogen (secondary N) is 1. The largest absolute Gasteiger partial charge is 0.484 e. The molecule has 2 heterocycles. The topological polar surface area (TPSA) is 58.0 Å². The molecule has 1 aromatic heterocycles. The van der Waals surface area contributed by atoms with Gasteiger partial charge in [-0.3, -0.25) is 9.69 Å². The highest BCUT2D eigenvalue weighted by molar-refractivity contribution is 5.77. The Balaban J connectivity index is 1.55. The van der Waals surface area contributed by atoms with Crippen LogP contribution in [0.5, 0.6) is 5.75 Å². The van der Waals surface area contributed by atoms with Gasteiger partial charge in [0, 0.05) is 32.7 Å². The van der Waals surface area contributed by atoms with Crippen LogP contribution in [0.25, 0.3) is 0 Å². The number of furan rings is 1. The summed E-state index contributed by atoms with van der Waals surface area (Å²) in [6.45, 7) is 6.06. The van der Waals surface area contributed by atoms with Crippen molar-refractivity contribution in [1.29, 1.82) is 0 Å². The minimum Gasteiger partial charge on any atom is -0.484 e. The molecule has 146 valence electrons. The molecular weight excluding hydrogens is 349 g/mol. The normalized spacial score (nSPS) is 16.9. The van der Waals surface area contributed by atoms with E-state index < -0.39 is 0 Å². The van der Waals surface area contributed by atoms with Crippen LogP contribution in [0, 0.1) is 12.7 Å². The molecule has 0 aliphatic carbocycles. The van der Waals surface area contributed by atoms with Crippen molar-refractivity contribution in [2.75, 3.05) is 46.4 Å². The van der Waals surface area contributed by atoms with Crippen molar-refractivity contribution in [2.24, 2.45) is 0 Å². The molecule has 6 nitrogen and oxygen atoms in total. The molecule has 27 heavy (non-hydrogen) atoms. The smallest absolute Gasteiger partial charge is 0.258 e. The second-order valence-electron chi connectivity index (χ2n) is 6.85. The van der Waals surface area contributed by atoms with Crippen LogP contribution in [-0.4, -0.2) is 62.1 Å². The standard InChI is InChI=1S/C20H26FN3O3/c1-15-3-8-19(27-15)18(24-11-9-23(2)10-12-24)13-22-20(25)14-26-17-6-4-16(21)5-7-17/h3-8,18H,9-14H2,1-2H3,(H,22,25). The molecule has 1 atom stereocenters. The molecule has 1 aliphatic heterocycles. The zero-order valence-electron chi connectivity index (χ0n) is 15.8. The number of nitrogens with zero attached hydrogens (tertiary/aromatic N) is 2. The molecule has 0 bridgehead atoms. The first-order valence-corrected chi connectivity index (χ1v) is 9.15. The van der Waals surface area contributed by atoms with Gasteiger partial charge in [-0.25, -0.2) is 4.39 Å². The number of amides is 1. The second kappa shape index (κ2) is 9.01. The lowest BCUT2D eigenvalue weighted by molar-refractivity contribution is -0.123. The molecule has 0 saturated carbocycles. The van der Waals surface area contributed by atoms with Gasteiger partial charge in [0.25, 0.3) is 5.91 Å². The van der Waals surface area contributed by atoms with Crippen molar-refractivity contribution < 1.29 is 18.3 Å². The third-order valence-corrected chi connectivity index (χ3v) is 4.74. The third kappa shape index (κ3) is 5.55. The molecular formula is C20H26FN3O3. The number of benzene rings is 1. The van der Waals surface area contributed by atoms with E-state index in [4.69, 9.17) is 9.15 Å². The molecule has 1 fully saturated rings. The predicted octanol–water partition coefficient (Wildman–Crippen LogP) is 2.21. The van der Waals surface area contributed by atoms with E-state index in [1.165, 1.54) is 24.3 Å². The maximum Gasteiger partial charge on any atom is 0.258 e. The van der Waals surface area contributed by atoms with Gasteiger partial charge in [0.15, 0.2) is 6.61 Å². The zero-order chi connectivity index (χ0) is 19.2. The molecule has 0 radical (unpaired) electrons. The molecule has 2 aromatic rings. The highest BCUT2D eigenvalue weighted by Crippen LogP contribution is 2.23. The number of halogens is 1.